The standard InChI is InChI=1S/C27H26F2N4O2/c1-2-17-11-22(28)21(26-31-23-8-10-35-15-24(23)32-26)13-20(17)27(34)33-9-7-19(12-25(33)29)18-5-3-16(14-30)4-6-18/h3-6,11,13,19,25H,2,7-10,12,15H2,1H3,(H,31,32). The second-order valence-corrected chi connectivity index (χ2v) is 9.04. The van der Waals surface area contributed by atoms with Crippen LogP contribution in [0.15, 0.2) is 36.4 Å². The average Bonchev–Trinajstić information content (AvgIpc) is 3.32. The largest absolute Gasteiger partial charge is 0.375 e. The minimum Gasteiger partial charge on any atom is -0.375 e. The van der Waals surface area contributed by atoms with Crippen LogP contribution >= 0.6 is 0 Å². The number of carbonyl (C=O) groups excluding carboxylic acids is 1. The van der Waals surface area contributed by atoms with Gasteiger partial charge in [0.25, 0.3) is 5.91 Å². The van der Waals surface area contributed by atoms with E-state index in [1.165, 1.54) is 17.0 Å². The summed E-state index contributed by atoms with van der Waals surface area (Å²) in [5.74, 6) is -0.589. The Morgan fingerprint density at radius 2 is 2.11 bits per heavy atom. The summed E-state index contributed by atoms with van der Waals surface area (Å²) in [5.41, 5.74) is 4.21. The van der Waals surface area contributed by atoms with Gasteiger partial charge in [-0.15, -0.1) is 0 Å². The third-order valence-electron chi connectivity index (χ3n) is 6.96. The fraction of sp³-hybridized carbons (Fsp3) is 0.370. The van der Waals surface area contributed by atoms with Crippen LogP contribution in [0, 0.1) is 17.1 Å². The molecular weight excluding hydrogens is 450 g/mol. The first kappa shape index (κ1) is 23.2. The minimum absolute atomic E-state index is 0.0344. The molecule has 3 aromatic rings. The molecule has 2 aromatic carbocycles. The molecule has 2 atom stereocenters. The molecule has 0 spiro atoms. The Labute approximate surface area is 202 Å². The highest BCUT2D eigenvalue weighted by molar-refractivity contribution is 5.97. The van der Waals surface area contributed by atoms with Crippen LogP contribution in [0.3, 0.4) is 0 Å². The molecule has 180 valence electrons. The van der Waals surface area contributed by atoms with Gasteiger partial charge in [0.15, 0.2) is 6.30 Å². The zero-order valence-electron chi connectivity index (χ0n) is 19.5. The van der Waals surface area contributed by atoms with E-state index < -0.39 is 18.0 Å². The number of hydrogen-bond donors (Lipinski definition) is 1. The number of alkyl halides is 1. The second-order valence-electron chi connectivity index (χ2n) is 9.04. The third kappa shape index (κ3) is 4.44. The SMILES string of the molecule is CCc1cc(F)c(-c2nc3c([nH]2)COCC3)cc1C(=O)N1CCC(c2ccc(C#N)cc2)CC1F. The summed E-state index contributed by atoms with van der Waals surface area (Å²) in [4.78, 5) is 22.4. The van der Waals surface area contributed by atoms with E-state index in [9.17, 15) is 4.79 Å². The molecule has 5 rings (SSSR count). The Morgan fingerprint density at radius 1 is 1.31 bits per heavy atom. The van der Waals surface area contributed by atoms with Gasteiger partial charge in [0.2, 0.25) is 0 Å². The number of likely N-dealkylation sites (tertiary alicyclic amines) is 1. The Hall–Kier alpha value is -3.57. The molecule has 0 radical (unpaired) electrons. The predicted molar refractivity (Wildman–Crippen MR) is 126 cm³/mol. The van der Waals surface area contributed by atoms with Crippen molar-refractivity contribution in [1.82, 2.24) is 14.9 Å². The number of ether oxygens (including phenoxy) is 1. The number of nitrogens with zero attached hydrogens (tertiary/aromatic N) is 3. The molecule has 1 amide bonds. The molecule has 2 aliphatic rings. The molecule has 35 heavy (non-hydrogen) atoms. The van der Waals surface area contributed by atoms with Crippen LogP contribution in [-0.4, -0.2) is 40.2 Å². The average molecular weight is 477 g/mol. The summed E-state index contributed by atoms with van der Waals surface area (Å²) in [6, 6.07) is 12.1. The summed E-state index contributed by atoms with van der Waals surface area (Å²) < 4.78 is 35.8. The number of fused-ring (bicyclic) bond motifs is 1. The van der Waals surface area contributed by atoms with E-state index in [0.29, 0.717) is 55.0 Å². The molecule has 1 saturated heterocycles. The van der Waals surface area contributed by atoms with Crippen molar-refractivity contribution in [1.29, 1.82) is 5.26 Å². The molecule has 1 N–H and O–H groups in total. The van der Waals surface area contributed by atoms with Gasteiger partial charge in [-0.1, -0.05) is 19.1 Å². The van der Waals surface area contributed by atoms with Crippen LogP contribution in [0.25, 0.3) is 11.4 Å². The van der Waals surface area contributed by atoms with Gasteiger partial charge in [-0.25, -0.2) is 13.8 Å². The van der Waals surface area contributed by atoms with E-state index in [4.69, 9.17) is 10.00 Å². The van der Waals surface area contributed by atoms with Gasteiger partial charge in [0.05, 0.1) is 41.8 Å². The summed E-state index contributed by atoms with van der Waals surface area (Å²) in [7, 11) is 0. The number of nitrogens with one attached hydrogen (secondary N) is 1. The van der Waals surface area contributed by atoms with Crippen LogP contribution in [0.5, 0.6) is 0 Å². The maximum absolute atomic E-state index is 15.3. The van der Waals surface area contributed by atoms with E-state index in [-0.39, 0.29) is 24.4 Å². The molecule has 2 aliphatic heterocycles. The third-order valence-corrected chi connectivity index (χ3v) is 6.96. The van der Waals surface area contributed by atoms with Gasteiger partial charge in [-0.3, -0.25) is 4.79 Å². The molecule has 0 bridgehead atoms. The minimum atomic E-state index is -1.46. The highest BCUT2D eigenvalue weighted by atomic mass is 19.1. The maximum atomic E-state index is 15.3. The summed E-state index contributed by atoms with van der Waals surface area (Å²) in [6.07, 6.45) is 0.420. The molecule has 8 heteroatoms. The van der Waals surface area contributed by atoms with Crippen LogP contribution in [0.2, 0.25) is 0 Å². The molecule has 1 aromatic heterocycles. The number of benzene rings is 2. The first-order chi connectivity index (χ1) is 17.0. The molecule has 0 saturated carbocycles. The normalized spacial score (nSPS) is 19.8. The molecule has 3 heterocycles. The summed E-state index contributed by atoms with van der Waals surface area (Å²) >= 11 is 0. The van der Waals surface area contributed by atoms with Crippen molar-refractivity contribution < 1.29 is 18.3 Å². The number of imidazole rings is 1. The van der Waals surface area contributed by atoms with Gasteiger partial charge in [-0.05, 0) is 54.2 Å². The Balaban J connectivity index is 1.40. The van der Waals surface area contributed by atoms with Crippen LogP contribution in [-0.2, 0) is 24.2 Å². The van der Waals surface area contributed by atoms with Crippen molar-refractivity contribution in [3.63, 3.8) is 0 Å². The number of piperidine rings is 1. The second kappa shape index (κ2) is 9.59. The Kier molecular flexibility index (Phi) is 6.35. The van der Waals surface area contributed by atoms with Crippen LogP contribution in [0.4, 0.5) is 8.78 Å². The molecule has 1 fully saturated rings. The van der Waals surface area contributed by atoms with Crippen LogP contribution < -0.4 is 0 Å². The first-order valence-electron chi connectivity index (χ1n) is 11.9. The van der Waals surface area contributed by atoms with Gasteiger partial charge < -0.3 is 14.6 Å². The van der Waals surface area contributed by atoms with Crippen molar-refractivity contribution in [2.45, 2.75) is 51.4 Å². The fourth-order valence-corrected chi connectivity index (χ4v) is 4.96. The summed E-state index contributed by atoms with van der Waals surface area (Å²) in [6.45, 7) is 3.06. The van der Waals surface area contributed by atoms with Gasteiger partial charge in [-0.2, -0.15) is 5.26 Å². The van der Waals surface area contributed by atoms with E-state index in [2.05, 4.69) is 16.0 Å². The highest BCUT2D eigenvalue weighted by Gasteiger charge is 2.34. The number of rotatable bonds is 4. The maximum Gasteiger partial charge on any atom is 0.256 e. The van der Waals surface area contributed by atoms with Gasteiger partial charge >= 0.3 is 0 Å². The lowest BCUT2D eigenvalue weighted by Gasteiger charge is -2.35. The first-order valence-corrected chi connectivity index (χ1v) is 11.9. The number of aromatic nitrogens is 2. The molecule has 2 unspecified atom stereocenters. The lowest BCUT2D eigenvalue weighted by molar-refractivity contribution is 0.0275. The number of H-pyrrole nitrogens is 1. The summed E-state index contributed by atoms with van der Waals surface area (Å²) in [5, 5.41) is 8.99. The lowest BCUT2D eigenvalue weighted by atomic mass is 9.88. The fourth-order valence-electron chi connectivity index (χ4n) is 4.96. The molecule has 6 nitrogen and oxygen atoms in total. The predicted octanol–water partition coefficient (Wildman–Crippen LogP) is 5.04. The van der Waals surface area contributed by atoms with E-state index in [1.54, 1.807) is 12.1 Å². The quantitative estimate of drug-likeness (QED) is 0.535. The smallest absolute Gasteiger partial charge is 0.256 e. The Bertz CT molecular complexity index is 1270. The van der Waals surface area contributed by atoms with Crippen molar-refractivity contribution in [3.05, 3.63) is 75.9 Å². The zero-order valence-corrected chi connectivity index (χ0v) is 19.5. The van der Waals surface area contributed by atoms with Gasteiger partial charge in [0, 0.05) is 24.9 Å². The number of aryl methyl sites for hydroxylation is 1. The number of hydrogen-bond acceptors (Lipinski definition) is 4. The number of amides is 1. The number of aromatic amines is 1. The number of carbonyl (C=O) groups is 1. The van der Waals surface area contributed by atoms with Gasteiger partial charge in [0.1, 0.15) is 11.6 Å². The molecule has 0 aliphatic carbocycles. The molecular formula is C27H26F2N4O2. The monoisotopic (exact) mass is 476 g/mol. The van der Waals surface area contributed by atoms with E-state index in [1.807, 2.05) is 19.1 Å². The highest BCUT2D eigenvalue weighted by Crippen LogP contribution is 2.34. The van der Waals surface area contributed by atoms with Crippen molar-refractivity contribution >= 4 is 5.91 Å². The van der Waals surface area contributed by atoms with E-state index in [0.717, 1.165) is 17.0 Å². The lowest BCUT2D eigenvalue weighted by Crippen LogP contribution is -2.43. The number of halogens is 2. The van der Waals surface area contributed by atoms with Crippen molar-refractivity contribution in [2.75, 3.05) is 13.2 Å². The zero-order chi connectivity index (χ0) is 24.5. The van der Waals surface area contributed by atoms with E-state index >= 15 is 8.78 Å². The van der Waals surface area contributed by atoms with Crippen molar-refractivity contribution in [2.24, 2.45) is 0 Å². The van der Waals surface area contributed by atoms with Crippen LogP contribution in [0.1, 0.15) is 64.1 Å². The Morgan fingerprint density at radius 3 is 2.80 bits per heavy atom. The van der Waals surface area contributed by atoms with Crippen molar-refractivity contribution in [3.8, 4) is 17.5 Å². The number of nitriles is 1. The topological polar surface area (TPSA) is 82.0 Å².